The second-order valence-corrected chi connectivity index (χ2v) is 8.37. The molecule has 1 saturated heterocycles. The molecule has 4 aromatic rings. The molecule has 1 aliphatic heterocycles. The fourth-order valence-electron chi connectivity index (χ4n) is 4.06. The van der Waals surface area contributed by atoms with Crippen molar-refractivity contribution in [1.29, 1.82) is 0 Å². The molecule has 4 heterocycles. The van der Waals surface area contributed by atoms with E-state index in [-0.39, 0.29) is 18.3 Å². The van der Waals surface area contributed by atoms with Gasteiger partial charge in [-0.25, -0.2) is 4.79 Å². The normalized spacial score (nSPS) is 14.2. The van der Waals surface area contributed by atoms with Gasteiger partial charge in [-0.1, -0.05) is 11.6 Å². The zero-order valence-electron chi connectivity index (χ0n) is 18.9. The van der Waals surface area contributed by atoms with Crippen LogP contribution in [0.3, 0.4) is 0 Å². The van der Waals surface area contributed by atoms with E-state index in [0.29, 0.717) is 46.5 Å². The molecule has 0 radical (unpaired) electrons. The van der Waals surface area contributed by atoms with Crippen LogP contribution in [0, 0.1) is 0 Å². The van der Waals surface area contributed by atoms with Crippen molar-refractivity contribution in [2.75, 3.05) is 38.2 Å². The van der Waals surface area contributed by atoms with Gasteiger partial charge in [0, 0.05) is 45.8 Å². The molecule has 13 heteroatoms. The maximum absolute atomic E-state index is 13.1. The van der Waals surface area contributed by atoms with E-state index in [1.807, 2.05) is 0 Å². The quantitative estimate of drug-likeness (QED) is 0.431. The minimum atomic E-state index is -0.439. The Balaban J connectivity index is 1.60. The molecule has 1 aromatic carbocycles. The van der Waals surface area contributed by atoms with Crippen LogP contribution in [-0.4, -0.2) is 62.2 Å². The van der Waals surface area contributed by atoms with Crippen LogP contribution in [0.1, 0.15) is 5.89 Å². The van der Waals surface area contributed by atoms with Gasteiger partial charge in [-0.2, -0.15) is 4.98 Å². The molecule has 0 spiro atoms. The molecule has 0 saturated carbocycles. The third kappa shape index (κ3) is 3.64. The molecule has 178 valence electrons. The van der Waals surface area contributed by atoms with Crippen LogP contribution in [0.15, 0.2) is 32.2 Å². The van der Waals surface area contributed by atoms with Crippen molar-refractivity contribution in [3.05, 3.63) is 50.0 Å². The lowest BCUT2D eigenvalue weighted by molar-refractivity contribution is 0.415. The van der Waals surface area contributed by atoms with Crippen LogP contribution in [0.2, 0.25) is 5.02 Å². The van der Waals surface area contributed by atoms with Crippen molar-refractivity contribution in [1.82, 2.24) is 34.2 Å². The van der Waals surface area contributed by atoms with Gasteiger partial charge in [-0.15, -0.1) is 10.2 Å². The van der Waals surface area contributed by atoms with Crippen molar-refractivity contribution >= 4 is 28.7 Å². The Morgan fingerprint density at radius 1 is 1.15 bits per heavy atom. The molecular formula is C21H23ClN8O4. The van der Waals surface area contributed by atoms with Crippen LogP contribution in [-0.2, 0) is 20.6 Å². The van der Waals surface area contributed by atoms with Gasteiger partial charge in [0.2, 0.25) is 17.7 Å². The van der Waals surface area contributed by atoms with E-state index in [1.165, 1.54) is 18.7 Å². The van der Waals surface area contributed by atoms with Crippen molar-refractivity contribution in [3.63, 3.8) is 0 Å². The number of hydrogen-bond acceptors (Lipinski definition) is 9. The van der Waals surface area contributed by atoms with E-state index in [4.69, 9.17) is 20.8 Å². The molecule has 1 fully saturated rings. The van der Waals surface area contributed by atoms with E-state index in [0.717, 1.165) is 17.7 Å². The number of benzene rings is 1. The monoisotopic (exact) mass is 486 g/mol. The maximum atomic E-state index is 13.1. The van der Waals surface area contributed by atoms with Crippen LogP contribution in [0.25, 0.3) is 22.6 Å². The van der Waals surface area contributed by atoms with E-state index >= 15 is 0 Å². The third-order valence-corrected chi connectivity index (χ3v) is 6.18. The highest BCUT2D eigenvalue weighted by Gasteiger charge is 2.25. The summed E-state index contributed by atoms with van der Waals surface area (Å²) in [4.78, 5) is 32.3. The number of methoxy groups -OCH3 is 1. The minimum Gasteiger partial charge on any atom is -0.495 e. The van der Waals surface area contributed by atoms with Gasteiger partial charge in [0.1, 0.15) is 12.3 Å². The molecule has 0 bridgehead atoms. The summed E-state index contributed by atoms with van der Waals surface area (Å²) < 4.78 is 15.3. The Morgan fingerprint density at radius 3 is 2.62 bits per heavy atom. The van der Waals surface area contributed by atoms with Gasteiger partial charge in [-0.3, -0.25) is 18.5 Å². The molecule has 5 rings (SSSR count). The first-order chi connectivity index (χ1) is 16.4. The predicted molar refractivity (Wildman–Crippen MR) is 126 cm³/mol. The number of imidazole rings is 1. The number of nitrogens with zero attached hydrogens (tertiary/aromatic N) is 7. The number of hydrogen-bond donors (Lipinski definition) is 1. The van der Waals surface area contributed by atoms with Gasteiger partial charge in [0.15, 0.2) is 11.2 Å². The van der Waals surface area contributed by atoms with Gasteiger partial charge >= 0.3 is 5.69 Å². The van der Waals surface area contributed by atoms with Crippen molar-refractivity contribution in [3.8, 4) is 17.2 Å². The number of fused-ring (bicyclic) bond motifs is 1. The summed E-state index contributed by atoms with van der Waals surface area (Å²) in [5, 5.41) is 12.0. The Bertz CT molecular complexity index is 1500. The Morgan fingerprint density at radius 2 is 1.91 bits per heavy atom. The lowest BCUT2D eigenvalue weighted by Gasteiger charge is -2.28. The Hall–Kier alpha value is -3.64. The Kier molecular flexibility index (Phi) is 5.62. The highest BCUT2D eigenvalue weighted by Crippen LogP contribution is 2.30. The number of nitrogens with one attached hydrogen (secondary N) is 1. The fraction of sp³-hybridized carbons (Fsp3) is 0.381. The van der Waals surface area contributed by atoms with Crippen molar-refractivity contribution in [2.24, 2.45) is 14.1 Å². The van der Waals surface area contributed by atoms with Gasteiger partial charge < -0.3 is 19.4 Å². The highest BCUT2D eigenvalue weighted by molar-refractivity contribution is 6.32. The van der Waals surface area contributed by atoms with Crippen molar-refractivity contribution < 1.29 is 9.15 Å². The first-order valence-corrected chi connectivity index (χ1v) is 11.0. The average molecular weight is 487 g/mol. The van der Waals surface area contributed by atoms with Gasteiger partial charge in [0.05, 0.1) is 12.1 Å². The maximum Gasteiger partial charge on any atom is 0.332 e. The number of aryl methyl sites for hydroxylation is 1. The lowest BCUT2D eigenvalue weighted by atomic mass is 10.2. The molecule has 0 aliphatic carbocycles. The standard InChI is InChI=1S/C21H23ClN8O4/c1-27-17-16(19(31)28(2)21(27)32)30(20(24-17)29-8-6-23-7-9-29)11-15-25-26-18(34-15)12-4-5-14(33-3)13(22)10-12/h4-5,10,23H,6-9,11H2,1-3H3. The highest BCUT2D eigenvalue weighted by atomic mass is 35.5. The zero-order chi connectivity index (χ0) is 24.0. The summed E-state index contributed by atoms with van der Waals surface area (Å²) in [6.45, 7) is 3.08. The van der Waals surface area contributed by atoms with Crippen LogP contribution in [0.4, 0.5) is 5.95 Å². The van der Waals surface area contributed by atoms with E-state index < -0.39 is 11.2 Å². The summed E-state index contributed by atoms with van der Waals surface area (Å²) in [7, 11) is 4.59. The molecule has 0 atom stereocenters. The number of rotatable bonds is 5. The number of aromatic nitrogens is 6. The second kappa shape index (κ2) is 8.61. The lowest BCUT2D eigenvalue weighted by Crippen LogP contribution is -2.44. The molecule has 0 amide bonds. The number of anilines is 1. The molecule has 34 heavy (non-hydrogen) atoms. The molecule has 1 aliphatic rings. The second-order valence-electron chi connectivity index (χ2n) is 7.96. The summed E-state index contributed by atoms with van der Waals surface area (Å²) in [6, 6.07) is 5.17. The minimum absolute atomic E-state index is 0.111. The first kappa shape index (κ1) is 22.2. The SMILES string of the molecule is COc1ccc(-c2nnc(Cn3c(N4CCNCC4)nc4c3c(=O)n(C)c(=O)n4C)o2)cc1Cl. The molecule has 3 aromatic heterocycles. The number of piperazine rings is 1. The Labute approximate surface area is 198 Å². The molecule has 12 nitrogen and oxygen atoms in total. The molecule has 1 N–H and O–H groups in total. The van der Waals surface area contributed by atoms with E-state index in [9.17, 15) is 9.59 Å². The predicted octanol–water partition coefficient (Wildman–Crippen LogP) is 0.604. The molecule has 0 unspecified atom stereocenters. The average Bonchev–Trinajstić information content (AvgIpc) is 3.47. The molecular weight excluding hydrogens is 464 g/mol. The summed E-state index contributed by atoms with van der Waals surface area (Å²) >= 11 is 6.23. The fourth-order valence-corrected chi connectivity index (χ4v) is 4.32. The van der Waals surface area contributed by atoms with Gasteiger partial charge in [-0.05, 0) is 18.2 Å². The van der Waals surface area contributed by atoms with Crippen LogP contribution < -0.4 is 26.2 Å². The topological polar surface area (TPSA) is 125 Å². The van der Waals surface area contributed by atoms with Crippen molar-refractivity contribution in [2.45, 2.75) is 6.54 Å². The summed E-state index contributed by atoms with van der Waals surface area (Å²) in [5.74, 6) is 1.68. The largest absolute Gasteiger partial charge is 0.495 e. The van der Waals surface area contributed by atoms with E-state index in [1.54, 1.807) is 29.8 Å². The van der Waals surface area contributed by atoms with Gasteiger partial charge in [0.25, 0.3) is 5.56 Å². The summed E-state index contributed by atoms with van der Waals surface area (Å²) in [6.07, 6.45) is 0. The smallest absolute Gasteiger partial charge is 0.332 e. The third-order valence-electron chi connectivity index (χ3n) is 5.89. The van der Waals surface area contributed by atoms with E-state index in [2.05, 4.69) is 25.4 Å². The summed E-state index contributed by atoms with van der Waals surface area (Å²) in [5.41, 5.74) is 0.369. The van der Waals surface area contributed by atoms with Crippen LogP contribution in [0.5, 0.6) is 5.75 Å². The number of ether oxygens (including phenoxy) is 1. The zero-order valence-corrected chi connectivity index (χ0v) is 19.7. The van der Waals surface area contributed by atoms with Crippen LogP contribution >= 0.6 is 11.6 Å². The first-order valence-electron chi connectivity index (χ1n) is 10.7. The number of halogens is 1.